The van der Waals surface area contributed by atoms with Crippen molar-refractivity contribution in [3.63, 3.8) is 0 Å². The van der Waals surface area contributed by atoms with Crippen LogP contribution < -0.4 is 0 Å². The van der Waals surface area contributed by atoms with E-state index in [4.69, 9.17) is 17.0 Å². The number of rotatable bonds is 4. The minimum absolute atomic E-state index is 0.0593. The van der Waals surface area contributed by atoms with Crippen molar-refractivity contribution in [3.8, 4) is 0 Å². The third-order valence-corrected chi connectivity index (χ3v) is 3.91. The van der Waals surface area contributed by atoms with Gasteiger partial charge in [0.1, 0.15) is 6.10 Å². The fourth-order valence-electron chi connectivity index (χ4n) is 2.43. The third kappa shape index (κ3) is 3.20. The summed E-state index contributed by atoms with van der Waals surface area (Å²) in [6, 6.07) is 4.94. The second kappa shape index (κ2) is 6.39. The van der Waals surface area contributed by atoms with Crippen LogP contribution in [0.15, 0.2) is 23.3 Å². The molecule has 1 aromatic carbocycles. The molecule has 1 aliphatic heterocycles. The van der Waals surface area contributed by atoms with Crippen LogP contribution in [0.2, 0.25) is 0 Å². The lowest BCUT2D eigenvalue weighted by atomic mass is 10.1. The molecule has 1 atom stereocenters. The number of hydrogen-bond donors (Lipinski definition) is 1. The zero-order chi connectivity index (χ0) is 16.4. The largest absolute Gasteiger partial charge is 0.370 e. The van der Waals surface area contributed by atoms with Gasteiger partial charge in [-0.15, -0.1) is 0 Å². The summed E-state index contributed by atoms with van der Waals surface area (Å²) < 4.78 is 7.45. The van der Waals surface area contributed by atoms with E-state index in [2.05, 4.69) is 15.3 Å². The number of nitro benzene ring substituents is 1. The summed E-state index contributed by atoms with van der Waals surface area (Å²) in [7, 11) is 0. The van der Waals surface area contributed by atoms with Crippen LogP contribution >= 0.6 is 12.2 Å². The first-order valence-electron chi connectivity index (χ1n) is 7.14. The van der Waals surface area contributed by atoms with Gasteiger partial charge in [-0.25, -0.2) is 0 Å². The lowest BCUT2D eigenvalue weighted by Gasteiger charge is -2.07. The Morgan fingerprint density at radius 1 is 1.61 bits per heavy atom. The molecule has 1 aromatic heterocycles. The Kier molecular flexibility index (Phi) is 4.30. The number of ether oxygens (including phenoxy) is 1. The molecule has 0 amide bonds. The number of nitrogens with zero attached hydrogens (tertiary/aromatic N) is 4. The lowest BCUT2D eigenvalue weighted by Crippen LogP contribution is -2.05. The summed E-state index contributed by atoms with van der Waals surface area (Å²) in [5, 5.41) is 22.2. The summed E-state index contributed by atoms with van der Waals surface area (Å²) in [4.78, 5) is 10.6. The molecule has 3 rings (SSSR count). The van der Waals surface area contributed by atoms with E-state index in [0.717, 1.165) is 12.8 Å². The molecule has 2 heterocycles. The molecule has 2 aromatic rings. The first-order chi connectivity index (χ1) is 11.1. The molecule has 0 aliphatic carbocycles. The Labute approximate surface area is 136 Å². The highest BCUT2D eigenvalue weighted by atomic mass is 32.1. The average Bonchev–Trinajstić information content (AvgIpc) is 3.16. The highest BCUT2D eigenvalue weighted by Gasteiger charge is 2.23. The molecule has 1 aliphatic rings. The molecule has 0 saturated carbocycles. The van der Waals surface area contributed by atoms with Crippen molar-refractivity contribution in [2.45, 2.75) is 25.9 Å². The van der Waals surface area contributed by atoms with Crippen molar-refractivity contribution in [1.82, 2.24) is 14.9 Å². The monoisotopic (exact) mass is 333 g/mol. The highest BCUT2D eigenvalue weighted by Crippen LogP contribution is 2.27. The summed E-state index contributed by atoms with van der Waals surface area (Å²) in [6.45, 7) is 2.39. The number of nitrogens with one attached hydrogen (secondary N) is 1. The van der Waals surface area contributed by atoms with Crippen LogP contribution in [0, 0.1) is 21.8 Å². The minimum atomic E-state index is -0.409. The predicted molar refractivity (Wildman–Crippen MR) is 86.2 cm³/mol. The second-order valence-corrected chi connectivity index (χ2v) is 5.63. The maximum atomic E-state index is 11.0. The van der Waals surface area contributed by atoms with Crippen molar-refractivity contribution in [2.24, 2.45) is 5.10 Å². The number of benzene rings is 1. The van der Waals surface area contributed by atoms with Crippen LogP contribution in [-0.2, 0) is 4.74 Å². The van der Waals surface area contributed by atoms with Crippen molar-refractivity contribution in [1.29, 1.82) is 0 Å². The van der Waals surface area contributed by atoms with Crippen molar-refractivity contribution in [2.75, 3.05) is 6.61 Å². The highest BCUT2D eigenvalue weighted by molar-refractivity contribution is 7.71. The van der Waals surface area contributed by atoms with E-state index in [0.29, 0.717) is 28.3 Å². The van der Waals surface area contributed by atoms with E-state index in [1.807, 2.05) is 0 Å². The standard InChI is InChI=1S/C14H15N5O3S/c1-9-4-5-10(7-11(9)19(20)21)8-15-18-13(16-17-14(18)23)12-3-2-6-22-12/h4-5,7-8,12H,2-3,6H2,1H3,(H,17,23)/b15-8-/t12-/m0/s1. The molecule has 0 spiro atoms. The van der Waals surface area contributed by atoms with Crippen LogP contribution in [0.4, 0.5) is 5.69 Å². The van der Waals surface area contributed by atoms with Crippen LogP contribution in [0.25, 0.3) is 0 Å². The zero-order valence-electron chi connectivity index (χ0n) is 12.4. The molecule has 0 unspecified atom stereocenters. The quantitative estimate of drug-likeness (QED) is 0.401. The first-order valence-corrected chi connectivity index (χ1v) is 7.55. The minimum Gasteiger partial charge on any atom is -0.370 e. The van der Waals surface area contributed by atoms with Gasteiger partial charge in [0.05, 0.1) is 11.1 Å². The second-order valence-electron chi connectivity index (χ2n) is 5.25. The molecule has 0 bridgehead atoms. The Morgan fingerprint density at radius 3 is 3.13 bits per heavy atom. The Morgan fingerprint density at radius 2 is 2.43 bits per heavy atom. The SMILES string of the molecule is Cc1ccc(/C=N\n2c([C@@H]3CCCO3)n[nH]c2=S)cc1[N+](=O)[O-]. The maximum absolute atomic E-state index is 11.0. The maximum Gasteiger partial charge on any atom is 0.272 e. The molecule has 23 heavy (non-hydrogen) atoms. The molecular weight excluding hydrogens is 318 g/mol. The topological polar surface area (TPSA) is 98.3 Å². The van der Waals surface area contributed by atoms with Crippen LogP contribution in [-0.4, -0.2) is 32.6 Å². The first kappa shape index (κ1) is 15.5. The number of aryl methyl sites for hydroxylation is 1. The van der Waals surface area contributed by atoms with Gasteiger partial charge in [0.15, 0.2) is 5.82 Å². The van der Waals surface area contributed by atoms with Gasteiger partial charge in [-0.05, 0) is 32.0 Å². The fraction of sp³-hybridized carbons (Fsp3) is 0.357. The Hall–Kier alpha value is -2.39. The smallest absolute Gasteiger partial charge is 0.272 e. The molecule has 1 fully saturated rings. The number of hydrogen-bond acceptors (Lipinski definition) is 6. The van der Waals surface area contributed by atoms with Crippen molar-refractivity contribution < 1.29 is 9.66 Å². The molecule has 1 saturated heterocycles. The van der Waals surface area contributed by atoms with Crippen LogP contribution in [0.3, 0.4) is 0 Å². The van der Waals surface area contributed by atoms with E-state index in [1.165, 1.54) is 17.0 Å². The van der Waals surface area contributed by atoms with Gasteiger partial charge in [-0.3, -0.25) is 15.2 Å². The van der Waals surface area contributed by atoms with Gasteiger partial charge >= 0.3 is 0 Å². The number of aromatic amines is 1. The lowest BCUT2D eigenvalue weighted by molar-refractivity contribution is -0.385. The van der Waals surface area contributed by atoms with Gasteiger partial charge in [0, 0.05) is 23.8 Å². The Bertz CT molecular complexity index is 820. The van der Waals surface area contributed by atoms with Gasteiger partial charge in [-0.1, -0.05) is 12.1 Å². The van der Waals surface area contributed by atoms with E-state index in [9.17, 15) is 10.1 Å². The van der Waals surface area contributed by atoms with E-state index in [1.54, 1.807) is 19.1 Å². The molecule has 8 nitrogen and oxygen atoms in total. The van der Waals surface area contributed by atoms with Crippen molar-refractivity contribution in [3.05, 3.63) is 50.0 Å². The molecule has 120 valence electrons. The normalized spacial score (nSPS) is 17.9. The summed E-state index contributed by atoms with van der Waals surface area (Å²) in [6.07, 6.45) is 3.23. The number of H-pyrrole nitrogens is 1. The van der Waals surface area contributed by atoms with E-state index in [-0.39, 0.29) is 11.8 Å². The summed E-state index contributed by atoms with van der Waals surface area (Å²) in [5.74, 6) is 0.616. The number of nitro groups is 1. The molecule has 0 radical (unpaired) electrons. The van der Waals surface area contributed by atoms with Gasteiger partial charge in [-0.2, -0.15) is 14.9 Å². The van der Waals surface area contributed by atoms with Crippen molar-refractivity contribution >= 4 is 24.1 Å². The van der Waals surface area contributed by atoms with E-state index >= 15 is 0 Å². The van der Waals surface area contributed by atoms with Crippen LogP contribution in [0.5, 0.6) is 0 Å². The van der Waals surface area contributed by atoms with E-state index < -0.39 is 4.92 Å². The molecule has 9 heteroatoms. The molecule has 1 N–H and O–H groups in total. The summed E-state index contributed by atoms with van der Waals surface area (Å²) in [5.41, 5.74) is 1.28. The average molecular weight is 333 g/mol. The Balaban J connectivity index is 1.92. The zero-order valence-corrected chi connectivity index (χ0v) is 13.2. The molecular formula is C14H15N5O3S. The van der Waals surface area contributed by atoms with Gasteiger partial charge in [0.2, 0.25) is 4.77 Å². The van der Waals surface area contributed by atoms with Gasteiger partial charge in [0.25, 0.3) is 5.69 Å². The fourth-order valence-corrected chi connectivity index (χ4v) is 2.62. The van der Waals surface area contributed by atoms with Gasteiger partial charge < -0.3 is 4.74 Å². The number of aromatic nitrogens is 3. The predicted octanol–water partition coefficient (Wildman–Crippen LogP) is 2.89. The summed E-state index contributed by atoms with van der Waals surface area (Å²) >= 11 is 5.18. The van der Waals surface area contributed by atoms with Crippen LogP contribution in [0.1, 0.15) is 35.9 Å². The third-order valence-electron chi connectivity index (χ3n) is 3.65.